The van der Waals surface area contributed by atoms with E-state index in [9.17, 15) is 14.7 Å². The Morgan fingerprint density at radius 2 is 1.86 bits per heavy atom. The molecular weight excluding hydrogens is 498 g/mol. The summed E-state index contributed by atoms with van der Waals surface area (Å²) in [7, 11) is 2.96. The first-order chi connectivity index (χ1) is 13.3. The first-order valence-electron chi connectivity index (χ1n) is 7.85. The topological polar surface area (TPSA) is 109 Å². The lowest BCUT2D eigenvalue weighted by Crippen LogP contribution is -2.34. The van der Waals surface area contributed by atoms with Gasteiger partial charge >= 0.3 is 0 Å². The molecule has 0 aliphatic heterocycles. The van der Waals surface area contributed by atoms with Crippen molar-refractivity contribution in [3.05, 3.63) is 50.4 Å². The van der Waals surface area contributed by atoms with Gasteiger partial charge in [0.25, 0.3) is 11.8 Å². The van der Waals surface area contributed by atoms with E-state index in [0.29, 0.717) is 27.1 Å². The summed E-state index contributed by atoms with van der Waals surface area (Å²) in [6.45, 7) is -0.279. The van der Waals surface area contributed by atoms with Crippen molar-refractivity contribution in [2.75, 3.05) is 20.8 Å². The fourth-order valence-corrected chi connectivity index (χ4v) is 3.40. The van der Waals surface area contributed by atoms with Gasteiger partial charge in [-0.1, -0.05) is 15.9 Å². The van der Waals surface area contributed by atoms with Crippen molar-refractivity contribution in [2.24, 2.45) is 5.10 Å². The van der Waals surface area contributed by atoms with Crippen LogP contribution < -0.4 is 20.2 Å². The second kappa shape index (κ2) is 10.1. The van der Waals surface area contributed by atoms with Crippen LogP contribution in [0.25, 0.3) is 0 Å². The molecule has 0 fully saturated rings. The van der Waals surface area contributed by atoms with Crippen LogP contribution in [-0.2, 0) is 4.79 Å². The molecule has 0 unspecified atom stereocenters. The standard InChI is InChI=1S/C18H17Br2N3O5/c1-27-14-4-3-10(6-15(14)28-2)18(26)21-9-16(24)23-22-8-11-5-12(19)7-13(20)17(11)25/h3-8,25H,9H2,1-2H3,(H,21,26)(H,23,24). The molecule has 10 heteroatoms. The highest BCUT2D eigenvalue weighted by Gasteiger charge is 2.12. The number of ether oxygens (including phenoxy) is 2. The predicted molar refractivity (Wildman–Crippen MR) is 111 cm³/mol. The SMILES string of the molecule is COc1ccc(C(=O)NCC(=O)NN=Cc2cc(Br)cc(Br)c2O)cc1OC. The van der Waals surface area contributed by atoms with Crippen LogP contribution in [-0.4, -0.2) is 43.9 Å². The predicted octanol–water partition coefficient (Wildman–Crippen LogP) is 2.81. The lowest BCUT2D eigenvalue weighted by molar-refractivity contribution is -0.120. The van der Waals surface area contributed by atoms with Crippen molar-refractivity contribution >= 4 is 49.9 Å². The maximum absolute atomic E-state index is 12.2. The van der Waals surface area contributed by atoms with Crippen LogP contribution in [0.3, 0.4) is 0 Å². The number of phenolic OH excluding ortho intramolecular Hbond substituents is 1. The lowest BCUT2D eigenvalue weighted by Gasteiger charge is -2.09. The molecule has 148 valence electrons. The highest BCUT2D eigenvalue weighted by molar-refractivity contribution is 9.11. The molecule has 2 aromatic rings. The molecule has 0 saturated heterocycles. The van der Waals surface area contributed by atoms with Gasteiger partial charge in [-0.3, -0.25) is 9.59 Å². The van der Waals surface area contributed by atoms with E-state index in [-0.39, 0.29) is 12.3 Å². The molecule has 28 heavy (non-hydrogen) atoms. The van der Waals surface area contributed by atoms with Crippen LogP contribution in [0.2, 0.25) is 0 Å². The number of phenols is 1. The molecule has 0 heterocycles. The third-order valence-corrected chi connectivity index (χ3v) is 4.57. The summed E-state index contributed by atoms with van der Waals surface area (Å²) in [6, 6.07) is 7.98. The van der Waals surface area contributed by atoms with Gasteiger partial charge in [0.1, 0.15) is 5.75 Å². The lowest BCUT2D eigenvalue weighted by atomic mass is 10.2. The van der Waals surface area contributed by atoms with Gasteiger partial charge in [0.2, 0.25) is 0 Å². The zero-order chi connectivity index (χ0) is 20.7. The van der Waals surface area contributed by atoms with Gasteiger partial charge < -0.3 is 19.9 Å². The number of carbonyl (C=O) groups excluding carboxylic acids is 2. The highest BCUT2D eigenvalue weighted by Crippen LogP contribution is 2.30. The van der Waals surface area contributed by atoms with E-state index in [1.807, 2.05) is 0 Å². The maximum Gasteiger partial charge on any atom is 0.259 e. The summed E-state index contributed by atoms with van der Waals surface area (Å²) in [5.41, 5.74) is 2.99. The monoisotopic (exact) mass is 513 g/mol. The Morgan fingerprint density at radius 3 is 2.54 bits per heavy atom. The quantitative estimate of drug-likeness (QED) is 0.389. The van der Waals surface area contributed by atoms with Gasteiger partial charge in [-0.2, -0.15) is 5.10 Å². The van der Waals surface area contributed by atoms with Gasteiger partial charge in [0.15, 0.2) is 11.5 Å². The molecule has 2 amide bonds. The number of halogens is 2. The van der Waals surface area contributed by atoms with Gasteiger partial charge in [0, 0.05) is 15.6 Å². The van der Waals surface area contributed by atoms with Gasteiger partial charge in [-0.15, -0.1) is 0 Å². The van der Waals surface area contributed by atoms with Crippen LogP contribution in [0, 0.1) is 0 Å². The molecule has 8 nitrogen and oxygen atoms in total. The minimum absolute atomic E-state index is 0.0112. The zero-order valence-electron chi connectivity index (χ0n) is 15.0. The van der Waals surface area contributed by atoms with Crippen molar-refractivity contribution < 1.29 is 24.2 Å². The number of rotatable bonds is 7. The minimum Gasteiger partial charge on any atom is -0.506 e. The number of aromatic hydroxyl groups is 1. The van der Waals surface area contributed by atoms with Crippen LogP contribution >= 0.6 is 31.9 Å². The number of nitrogens with one attached hydrogen (secondary N) is 2. The summed E-state index contributed by atoms with van der Waals surface area (Å²) in [6.07, 6.45) is 1.29. The molecule has 0 aromatic heterocycles. The van der Waals surface area contributed by atoms with Gasteiger partial charge in [-0.25, -0.2) is 5.43 Å². The third kappa shape index (κ3) is 5.70. The molecule has 3 N–H and O–H groups in total. The number of hydrazone groups is 1. The Bertz CT molecular complexity index is 918. The molecule has 0 spiro atoms. The molecule has 2 rings (SSSR count). The van der Waals surface area contributed by atoms with Crippen LogP contribution in [0.1, 0.15) is 15.9 Å². The van der Waals surface area contributed by atoms with Crippen molar-refractivity contribution in [3.63, 3.8) is 0 Å². The summed E-state index contributed by atoms with van der Waals surface area (Å²) in [4.78, 5) is 24.0. The van der Waals surface area contributed by atoms with E-state index in [1.54, 1.807) is 24.3 Å². The van der Waals surface area contributed by atoms with Crippen LogP contribution in [0.15, 0.2) is 44.4 Å². The number of benzene rings is 2. The van der Waals surface area contributed by atoms with E-state index in [2.05, 4.69) is 47.7 Å². The molecule has 0 aliphatic rings. The van der Waals surface area contributed by atoms with Crippen LogP contribution in [0.5, 0.6) is 17.2 Å². The zero-order valence-corrected chi connectivity index (χ0v) is 18.1. The average molecular weight is 515 g/mol. The Kier molecular flexibility index (Phi) is 7.82. The summed E-state index contributed by atoms with van der Waals surface area (Å²) in [5, 5.41) is 16.2. The highest BCUT2D eigenvalue weighted by atomic mass is 79.9. The van der Waals surface area contributed by atoms with Crippen LogP contribution in [0.4, 0.5) is 0 Å². The van der Waals surface area contributed by atoms with E-state index in [4.69, 9.17) is 9.47 Å². The Morgan fingerprint density at radius 1 is 1.14 bits per heavy atom. The third-order valence-electron chi connectivity index (χ3n) is 3.51. The number of hydrogen-bond acceptors (Lipinski definition) is 6. The molecule has 0 aliphatic carbocycles. The first-order valence-corrected chi connectivity index (χ1v) is 9.44. The maximum atomic E-state index is 12.2. The van der Waals surface area contributed by atoms with Gasteiger partial charge in [0.05, 0.1) is 31.5 Å². The Labute approximate surface area is 178 Å². The Balaban J connectivity index is 1.91. The number of methoxy groups -OCH3 is 2. The fourth-order valence-electron chi connectivity index (χ4n) is 2.14. The fraction of sp³-hybridized carbons (Fsp3) is 0.167. The molecule has 0 bridgehead atoms. The largest absolute Gasteiger partial charge is 0.506 e. The number of carbonyl (C=O) groups is 2. The summed E-state index contributed by atoms with van der Waals surface area (Å²) >= 11 is 6.50. The van der Waals surface area contributed by atoms with E-state index in [0.717, 1.165) is 4.47 Å². The second-order valence-electron chi connectivity index (χ2n) is 5.37. The van der Waals surface area contributed by atoms with Crippen molar-refractivity contribution in [1.29, 1.82) is 0 Å². The summed E-state index contributed by atoms with van der Waals surface area (Å²) < 4.78 is 11.5. The molecule has 0 saturated carbocycles. The number of hydrogen-bond donors (Lipinski definition) is 3. The molecule has 0 atom stereocenters. The number of amides is 2. The minimum atomic E-state index is -0.529. The Hall–Kier alpha value is -2.59. The molecular formula is C18H17Br2N3O5. The van der Waals surface area contributed by atoms with E-state index in [1.165, 1.54) is 26.5 Å². The summed E-state index contributed by atoms with van der Waals surface area (Å²) in [5.74, 6) is -0.0898. The van der Waals surface area contributed by atoms with E-state index < -0.39 is 11.8 Å². The molecule has 2 aromatic carbocycles. The first kappa shape index (κ1) is 21.7. The van der Waals surface area contributed by atoms with Crippen molar-refractivity contribution in [3.8, 4) is 17.2 Å². The van der Waals surface area contributed by atoms with Crippen molar-refractivity contribution in [2.45, 2.75) is 0 Å². The van der Waals surface area contributed by atoms with Crippen molar-refractivity contribution in [1.82, 2.24) is 10.7 Å². The normalized spacial score (nSPS) is 10.6. The molecule has 0 radical (unpaired) electrons. The van der Waals surface area contributed by atoms with Gasteiger partial charge in [-0.05, 0) is 46.3 Å². The average Bonchev–Trinajstić information content (AvgIpc) is 2.69. The second-order valence-corrected chi connectivity index (χ2v) is 7.14. The number of nitrogens with zero attached hydrogens (tertiary/aromatic N) is 1. The van der Waals surface area contributed by atoms with E-state index >= 15 is 0 Å². The smallest absolute Gasteiger partial charge is 0.259 e.